The maximum absolute atomic E-state index is 12.4. The lowest BCUT2D eigenvalue weighted by Crippen LogP contribution is -2.41. The quantitative estimate of drug-likeness (QED) is 0.607. The molecule has 1 atom stereocenters. The molecular weight excluding hydrogens is 342 g/mol. The Morgan fingerprint density at radius 1 is 1.24 bits per heavy atom. The number of nitrogens with one attached hydrogen (secondary N) is 1. The molecule has 0 saturated heterocycles. The first kappa shape index (κ1) is 18.9. The maximum atomic E-state index is 12.4. The fraction of sp³-hybridized carbons (Fsp3) is 0.278. The molecule has 7 heteroatoms. The summed E-state index contributed by atoms with van der Waals surface area (Å²) in [6.45, 7) is 0.403. The molecule has 0 saturated carbocycles. The van der Waals surface area contributed by atoms with Crippen molar-refractivity contribution in [3.63, 3.8) is 0 Å². The van der Waals surface area contributed by atoms with Gasteiger partial charge >= 0.3 is 0 Å². The molecular formula is C18H20ClN3O3. The van der Waals surface area contributed by atoms with Crippen LogP contribution >= 0.6 is 11.6 Å². The van der Waals surface area contributed by atoms with Gasteiger partial charge in [0.15, 0.2) is 0 Å². The van der Waals surface area contributed by atoms with E-state index in [1.165, 1.54) is 23.8 Å². The van der Waals surface area contributed by atoms with Crippen LogP contribution in [0.1, 0.15) is 15.9 Å². The lowest BCUT2D eigenvalue weighted by molar-refractivity contribution is -0.384. The zero-order valence-electron chi connectivity index (χ0n) is 14.1. The first-order valence-corrected chi connectivity index (χ1v) is 8.18. The van der Waals surface area contributed by atoms with E-state index in [1.54, 1.807) is 0 Å². The Balaban J connectivity index is 2.06. The van der Waals surface area contributed by atoms with Gasteiger partial charge in [0.2, 0.25) is 0 Å². The molecule has 0 heterocycles. The average molecular weight is 362 g/mol. The van der Waals surface area contributed by atoms with Gasteiger partial charge < -0.3 is 10.2 Å². The zero-order chi connectivity index (χ0) is 18.4. The number of nitro groups is 1. The molecule has 0 bridgehead atoms. The number of carbonyl (C=O) groups excluding carboxylic acids is 1. The van der Waals surface area contributed by atoms with Crippen LogP contribution in [0.4, 0.5) is 5.69 Å². The van der Waals surface area contributed by atoms with Gasteiger partial charge in [0.05, 0.1) is 15.5 Å². The Labute approximate surface area is 151 Å². The van der Waals surface area contributed by atoms with Crippen LogP contribution in [0.5, 0.6) is 0 Å². The summed E-state index contributed by atoms with van der Waals surface area (Å²) < 4.78 is 0. The second-order valence-electron chi connectivity index (χ2n) is 5.94. The number of nitrogens with zero attached hydrogens (tertiary/aromatic N) is 2. The fourth-order valence-electron chi connectivity index (χ4n) is 2.43. The molecule has 0 aliphatic heterocycles. The van der Waals surface area contributed by atoms with Gasteiger partial charge in [-0.15, -0.1) is 0 Å². The highest BCUT2D eigenvalue weighted by atomic mass is 35.5. The summed E-state index contributed by atoms with van der Waals surface area (Å²) >= 11 is 6.01. The van der Waals surface area contributed by atoms with Crippen LogP contribution in [-0.2, 0) is 6.42 Å². The van der Waals surface area contributed by atoms with E-state index in [0.717, 1.165) is 6.42 Å². The zero-order valence-corrected chi connectivity index (χ0v) is 14.9. The molecule has 0 fully saturated rings. The topological polar surface area (TPSA) is 75.5 Å². The van der Waals surface area contributed by atoms with Crippen molar-refractivity contribution in [3.8, 4) is 0 Å². The number of carbonyl (C=O) groups is 1. The third-order valence-electron chi connectivity index (χ3n) is 3.95. The lowest BCUT2D eigenvalue weighted by atomic mass is 10.0. The fourth-order valence-corrected chi connectivity index (χ4v) is 2.63. The van der Waals surface area contributed by atoms with E-state index in [2.05, 4.69) is 5.32 Å². The standard InChI is InChI=1S/C18H20ClN3O3/c1-21(2)15(10-13-6-4-3-5-7-13)12-20-18(23)16-11-14(22(24)25)8-9-17(16)19/h3-9,11,15H,10,12H2,1-2H3,(H,20,23). The SMILES string of the molecule is CN(C)C(CNC(=O)c1cc([N+](=O)[O-])ccc1Cl)Cc1ccccc1. The van der Waals surface area contributed by atoms with Gasteiger partial charge in [-0.25, -0.2) is 0 Å². The van der Waals surface area contributed by atoms with Gasteiger partial charge in [-0.2, -0.15) is 0 Å². The van der Waals surface area contributed by atoms with Crippen molar-refractivity contribution in [2.45, 2.75) is 12.5 Å². The van der Waals surface area contributed by atoms with Gasteiger partial charge in [0.1, 0.15) is 0 Å². The number of hydrogen-bond acceptors (Lipinski definition) is 4. The molecule has 0 radical (unpaired) electrons. The Hall–Kier alpha value is -2.44. The van der Waals surface area contributed by atoms with E-state index in [9.17, 15) is 14.9 Å². The highest BCUT2D eigenvalue weighted by Crippen LogP contribution is 2.22. The van der Waals surface area contributed by atoms with Crippen molar-refractivity contribution in [1.82, 2.24) is 10.2 Å². The number of rotatable bonds is 7. The van der Waals surface area contributed by atoms with Crippen molar-refractivity contribution < 1.29 is 9.72 Å². The first-order chi connectivity index (χ1) is 11.9. The number of amides is 1. The summed E-state index contributed by atoms with van der Waals surface area (Å²) in [6.07, 6.45) is 0.775. The third-order valence-corrected chi connectivity index (χ3v) is 4.28. The van der Waals surface area contributed by atoms with E-state index < -0.39 is 10.8 Å². The largest absolute Gasteiger partial charge is 0.350 e. The van der Waals surface area contributed by atoms with Crippen LogP contribution in [0.3, 0.4) is 0 Å². The summed E-state index contributed by atoms with van der Waals surface area (Å²) in [5.41, 5.74) is 1.11. The predicted molar refractivity (Wildman–Crippen MR) is 98.1 cm³/mol. The number of hydrogen-bond donors (Lipinski definition) is 1. The monoisotopic (exact) mass is 361 g/mol. The van der Waals surface area contributed by atoms with Gasteiger partial charge in [0, 0.05) is 24.7 Å². The Bertz CT molecular complexity index is 750. The van der Waals surface area contributed by atoms with Gasteiger partial charge in [-0.3, -0.25) is 14.9 Å². The van der Waals surface area contributed by atoms with Crippen LogP contribution in [-0.4, -0.2) is 42.4 Å². The maximum Gasteiger partial charge on any atom is 0.270 e. The lowest BCUT2D eigenvalue weighted by Gasteiger charge is -2.25. The summed E-state index contributed by atoms with van der Waals surface area (Å²) in [5.74, 6) is -0.423. The predicted octanol–water partition coefficient (Wildman–Crippen LogP) is 3.15. The van der Waals surface area contributed by atoms with E-state index in [-0.39, 0.29) is 22.3 Å². The number of likely N-dealkylation sites (N-methyl/N-ethyl adjacent to an activating group) is 1. The van der Waals surface area contributed by atoms with Crippen LogP contribution in [0.15, 0.2) is 48.5 Å². The second-order valence-corrected chi connectivity index (χ2v) is 6.35. The normalized spacial score (nSPS) is 12.0. The molecule has 2 aromatic carbocycles. The van der Waals surface area contributed by atoms with Crippen molar-refractivity contribution >= 4 is 23.2 Å². The van der Waals surface area contributed by atoms with Crippen LogP contribution in [0.2, 0.25) is 5.02 Å². The molecule has 1 amide bonds. The molecule has 6 nitrogen and oxygen atoms in total. The highest BCUT2D eigenvalue weighted by Gasteiger charge is 2.18. The molecule has 1 unspecified atom stereocenters. The number of benzene rings is 2. The molecule has 132 valence electrons. The Kier molecular flexibility index (Phi) is 6.50. The molecule has 0 aromatic heterocycles. The summed E-state index contributed by atoms with van der Waals surface area (Å²) in [5, 5.41) is 13.9. The minimum Gasteiger partial charge on any atom is -0.350 e. The van der Waals surface area contributed by atoms with Crippen LogP contribution in [0.25, 0.3) is 0 Å². The summed E-state index contributed by atoms with van der Waals surface area (Å²) in [6, 6.07) is 13.9. The number of halogens is 1. The minimum absolute atomic E-state index is 0.0869. The van der Waals surface area contributed by atoms with Gasteiger partial charge in [-0.05, 0) is 32.1 Å². The van der Waals surface area contributed by atoms with Gasteiger partial charge in [-0.1, -0.05) is 41.9 Å². The van der Waals surface area contributed by atoms with E-state index in [1.807, 2.05) is 49.3 Å². The van der Waals surface area contributed by atoms with E-state index >= 15 is 0 Å². The van der Waals surface area contributed by atoms with Crippen LogP contribution < -0.4 is 5.32 Å². The van der Waals surface area contributed by atoms with E-state index in [0.29, 0.717) is 6.54 Å². The Morgan fingerprint density at radius 2 is 1.92 bits per heavy atom. The molecule has 25 heavy (non-hydrogen) atoms. The molecule has 2 rings (SSSR count). The highest BCUT2D eigenvalue weighted by molar-refractivity contribution is 6.33. The molecule has 0 aliphatic carbocycles. The number of nitro benzene ring substituents is 1. The van der Waals surface area contributed by atoms with Crippen LogP contribution in [0, 0.1) is 10.1 Å². The van der Waals surface area contributed by atoms with Crippen molar-refractivity contribution in [2.75, 3.05) is 20.6 Å². The minimum atomic E-state index is -0.550. The summed E-state index contributed by atoms with van der Waals surface area (Å²) in [7, 11) is 3.89. The molecule has 0 spiro atoms. The summed E-state index contributed by atoms with van der Waals surface area (Å²) in [4.78, 5) is 24.7. The average Bonchev–Trinajstić information content (AvgIpc) is 2.59. The molecule has 2 aromatic rings. The van der Waals surface area contributed by atoms with Gasteiger partial charge in [0.25, 0.3) is 11.6 Å². The van der Waals surface area contributed by atoms with Crippen molar-refractivity contribution in [3.05, 3.63) is 74.8 Å². The Morgan fingerprint density at radius 3 is 2.52 bits per heavy atom. The first-order valence-electron chi connectivity index (χ1n) is 7.81. The van der Waals surface area contributed by atoms with Crippen molar-refractivity contribution in [1.29, 1.82) is 0 Å². The molecule has 1 N–H and O–H groups in total. The van der Waals surface area contributed by atoms with Crippen molar-refractivity contribution in [2.24, 2.45) is 0 Å². The third kappa shape index (κ3) is 5.27. The molecule has 0 aliphatic rings. The second kappa shape index (κ2) is 8.60. The van der Waals surface area contributed by atoms with E-state index in [4.69, 9.17) is 11.6 Å². The number of non-ortho nitro benzene ring substituents is 1. The smallest absolute Gasteiger partial charge is 0.270 e.